The van der Waals surface area contributed by atoms with Crippen LogP contribution in [0.15, 0.2) is 22.3 Å². The van der Waals surface area contributed by atoms with Gasteiger partial charge in [-0.3, -0.25) is 29.0 Å². The van der Waals surface area contributed by atoms with Gasteiger partial charge in [0.05, 0.1) is 0 Å². The third-order valence-electron chi connectivity index (χ3n) is 7.37. The van der Waals surface area contributed by atoms with Crippen LogP contribution in [0.3, 0.4) is 0 Å². The molecule has 0 radical (unpaired) electrons. The fourth-order valence-corrected chi connectivity index (χ4v) is 5.40. The molecule has 4 aliphatic rings. The van der Waals surface area contributed by atoms with Gasteiger partial charge in [0.1, 0.15) is 0 Å². The van der Waals surface area contributed by atoms with E-state index in [1.807, 2.05) is 0 Å². The minimum absolute atomic E-state index is 0.151. The molecule has 0 aromatic rings. The molecular formula is C21H26N2O4. The first-order valence-corrected chi connectivity index (χ1v) is 9.78. The van der Waals surface area contributed by atoms with Crippen LogP contribution in [0.4, 0.5) is 0 Å². The molecule has 0 aromatic carbocycles. The average Bonchev–Trinajstić information content (AvgIpc) is 3.33. The van der Waals surface area contributed by atoms with Gasteiger partial charge in [0.2, 0.25) is 0 Å². The maximum Gasteiger partial charge on any atom is 0.256 e. The van der Waals surface area contributed by atoms with Crippen molar-refractivity contribution in [2.45, 2.75) is 47.0 Å². The molecule has 0 N–H and O–H groups in total. The molecule has 144 valence electrons. The van der Waals surface area contributed by atoms with E-state index in [0.29, 0.717) is 59.1 Å². The lowest BCUT2D eigenvalue weighted by atomic mass is 9.81. The molecule has 2 fully saturated rings. The molecule has 4 unspecified atom stereocenters. The van der Waals surface area contributed by atoms with Crippen molar-refractivity contribution in [1.82, 2.24) is 9.80 Å². The zero-order chi connectivity index (χ0) is 19.6. The van der Waals surface area contributed by atoms with Crippen molar-refractivity contribution in [2.24, 2.45) is 23.7 Å². The summed E-state index contributed by atoms with van der Waals surface area (Å²) in [6.45, 7) is 7.87. The smallest absolute Gasteiger partial charge is 0.256 e. The summed E-state index contributed by atoms with van der Waals surface area (Å²) in [4.78, 5) is 52.1. The van der Waals surface area contributed by atoms with Gasteiger partial charge in [-0.1, -0.05) is 0 Å². The maximum absolute atomic E-state index is 12.3. The van der Waals surface area contributed by atoms with Gasteiger partial charge in [-0.15, -0.1) is 0 Å². The van der Waals surface area contributed by atoms with E-state index in [-0.39, 0.29) is 23.6 Å². The molecule has 6 nitrogen and oxygen atoms in total. The SMILES string of the molecule is CC1=C(C)C(=O)N(CC2CC3CC2CC3CN2C(=O)C(C)=C(C)C2=O)C1=O. The Morgan fingerprint density at radius 1 is 0.593 bits per heavy atom. The normalized spacial score (nSPS) is 33.6. The van der Waals surface area contributed by atoms with Crippen molar-refractivity contribution in [3.8, 4) is 0 Å². The second kappa shape index (κ2) is 6.14. The van der Waals surface area contributed by atoms with E-state index in [0.717, 1.165) is 19.3 Å². The van der Waals surface area contributed by atoms with Crippen LogP contribution in [0.5, 0.6) is 0 Å². The minimum Gasteiger partial charge on any atom is -0.275 e. The number of carbonyl (C=O) groups is 4. The second-order valence-corrected chi connectivity index (χ2v) is 8.69. The van der Waals surface area contributed by atoms with Crippen LogP contribution in [0.25, 0.3) is 0 Å². The van der Waals surface area contributed by atoms with Crippen molar-refractivity contribution in [3.05, 3.63) is 22.3 Å². The molecule has 2 saturated carbocycles. The van der Waals surface area contributed by atoms with Crippen molar-refractivity contribution in [1.29, 1.82) is 0 Å². The quantitative estimate of drug-likeness (QED) is 0.710. The van der Waals surface area contributed by atoms with Crippen LogP contribution in [-0.2, 0) is 19.2 Å². The van der Waals surface area contributed by atoms with E-state index >= 15 is 0 Å². The number of hydrogen-bond donors (Lipinski definition) is 0. The largest absolute Gasteiger partial charge is 0.275 e. The van der Waals surface area contributed by atoms with Gasteiger partial charge < -0.3 is 0 Å². The maximum atomic E-state index is 12.3. The summed E-state index contributed by atoms with van der Waals surface area (Å²) in [5.74, 6) is 0.997. The highest BCUT2D eigenvalue weighted by atomic mass is 16.2. The topological polar surface area (TPSA) is 74.8 Å². The Morgan fingerprint density at radius 2 is 0.889 bits per heavy atom. The van der Waals surface area contributed by atoms with Crippen LogP contribution < -0.4 is 0 Å². The highest BCUT2D eigenvalue weighted by molar-refractivity contribution is 6.19. The van der Waals surface area contributed by atoms with E-state index in [4.69, 9.17) is 0 Å². The van der Waals surface area contributed by atoms with Gasteiger partial charge in [-0.05, 0) is 70.6 Å². The molecule has 4 atom stereocenters. The Labute approximate surface area is 159 Å². The van der Waals surface area contributed by atoms with E-state index in [2.05, 4.69) is 0 Å². The number of carbonyl (C=O) groups excluding carboxylic acids is 4. The summed E-state index contributed by atoms with van der Waals surface area (Å²) < 4.78 is 0. The highest BCUT2D eigenvalue weighted by Gasteiger charge is 2.49. The first kappa shape index (κ1) is 18.1. The summed E-state index contributed by atoms with van der Waals surface area (Å²) in [5.41, 5.74) is 2.24. The van der Waals surface area contributed by atoms with E-state index < -0.39 is 0 Å². The summed E-state index contributed by atoms with van der Waals surface area (Å²) in [7, 11) is 0. The predicted octanol–water partition coefficient (Wildman–Crippen LogP) is 2.06. The number of nitrogens with zero attached hydrogens (tertiary/aromatic N) is 2. The number of hydrogen-bond acceptors (Lipinski definition) is 4. The summed E-state index contributed by atoms with van der Waals surface area (Å²) >= 11 is 0. The monoisotopic (exact) mass is 370 g/mol. The van der Waals surface area contributed by atoms with Crippen molar-refractivity contribution < 1.29 is 19.2 Å². The van der Waals surface area contributed by atoms with Gasteiger partial charge in [0.15, 0.2) is 0 Å². The van der Waals surface area contributed by atoms with Crippen molar-refractivity contribution in [2.75, 3.05) is 13.1 Å². The van der Waals surface area contributed by atoms with Crippen molar-refractivity contribution in [3.63, 3.8) is 0 Å². The first-order valence-electron chi connectivity index (χ1n) is 9.78. The Morgan fingerprint density at radius 3 is 1.15 bits per heavy atom. The van der Waals surface area contributed by atoms with E-state index in [1.54, 1.807) is 27.7 Å². The lowest BCUT2D eigenvalue weighted by Gasteiger charge is -2.32. The Bertz CT molecular complexity index is 721. The lowest BCUT2D eigenvalue weighted by Crippen LogP contribution is -2.40. The average molecular weight is 370 g/mol. The molecule has 4 rings (SSSR count). The van der Waals surface area contributed by atoms with E-state index in [1.165, 1.54) is 9.80 Å². The molecule has 2 aliphatic carbocycles. The van der Waals surface area contributed by atoms with Crippen LogP contribution in [0, 0.1) is 23.7 Å². The van der Waals surface area contributed by atoms with Gasteiger partial charge >= 0.3 is 0 Å². The Kier molecular flexibility index (Phi) is 4.13. The molecule has 0 aromatic heterocycles. The van der Waals surface area contributed by atoms with Crippen LogP contribution >= 0.6 is 0 Å². The van der Waals surface area contributed by atoms with Gasteiger partial charge in [0.25, 0.3) is 23.6 Å². The third kappa shape index (κ3) is 2.60. The zero-order valence-corrected chi connectivity index (χ0v) is 16.4. The van der Waals surface area contributed by atoms with Crippen LogP contribution in [0.1, 0.15) is 47.0 Å². The highest BCUT2D eigenvalue weighted by Crippen LogP contribution is 2.52. The standard InChI is InChI=1S/C21H26N2O4/c1-10-11(2)19(25)22(18(10)24)8-16-6-15-5-14(16)7-17(15)9-23-20(26)12(3)13(4)21(23)27/h14-17H,5-9H2,1-4H3. The molecule has 0 spiro atoms. The number of imide groups is 2. The molecule has 2 bridgehead atoms. The number of amides is 4. The van der Waals surface area contributed by atoms with Crippen molar-refractivity contribution >= 4 is 23.6 Å². The summed E-state index contributed by atoms with van der Waals surface area (Å²) in [6.07, 6.45) is 3.00. The minimum atomic E-state index is -0.151. The second-order valence-electron chi connectivity index (χ2n) is 8.69. The third-order valence-corrected chi connectivity index (χ3v) is 7.37. The zero-order valence-electron chi connectivity index (χ0n) is 16.4. The lowest BCUT2D eigenvalue weighted by molar-refractivity contribution is -0.140. The Balaban J connectivity index is 1.37. The number of rotatable bonds is 4. The molecule has 6 heteroatoms. The number of fused-ring (bicyclic) bond motifs is 2. The Hall–Kier alpha value is -2.24. The predicted molar refractivity (Wildman–Crippen MR) is 98.0 cm³/mol. The summed E-state index contributed by atoms with van der Waals surface area (Å²) in [5, 5.41) is 0. The molecule has 27 heavy (non-hydrogen) atoms. The summed E-state index contributed by atoms with van der Waals surface area (Å²) in [6, 6.07) is 0. The van der Waals surface area contributed by atoms with Crippen LogP contribution in [-0.4, -0.2) is 46.5 Å². The fraction of sp³-hybridized carbons (Fsp3) is 0.619. The van der Waals surface area contributed by atoms with E-state index in [9.17, 15) is 19.2 Å². The molecular weight excluding hydrogens is 344 g/mol. The van der Waals surface area contributed by atoms with Gasteiger partial charge in [-0.25, -0.2) is 0 Å². The first-order chi connectivity index (χ1) is 12.7. The van der Waals surface area contributed by atoms with Gasteiger partial charge in [-0.2, -0.15) is 0 Å². The fourth-order valence-electron chi connectivity index (χ4n) is 5.40. The van der Waals surface area contributed by atoms with Gasteiger partial charge in [0, 0.05) is 35.4 Å². The van der Waals surface area contributed by atoms with Crippen LogP contribution in [0.2, 0.25) is 0 Å². The molecule has 2 aliphatic heterocycles. The molecule has 0 saturated heterocycles. The molecule has 4 amide bonds. The molecule has 2 heterocycles.